The van der Waals surface area contributed by atoms with Gasteiger partial charge in [0.05, 0.1) is 11.6 Å². The van der Waals surface area contributed by atoms with E-state index in [4.69, 9.17) is 16.3 Å². The molecule has 2 aromatic carbocycles. The number of hydrogen-bond donors (Lipinski definition) is 1. The van der Waals surface area contributed by atoms with E-state index in [0.29, 0.717) is 10.6 Å². The third-order valence-corrected chi connectivity index (χ3v) is 3.99. The monoisotopic (exact) mass is 313 g/mol. The molecule has 0 aliphatic carbocycles. The Morgan fingerprint density at radius 1 is 1.18 bits per heavy atom. The molecule has 1 N–H and O–H groups in total. The normalized spacial score (nSPS) is 14.4. The lowest BCUT2D eigenvalue weighted by molar-refractivity contribution is -0.118. The number of benzene rings is 2. The van der Waals surface area contributed by atoms with Crippen molar-refractivity contribution in [2.45, 2.75) is 13.0 Å². The summed E-state index contributed by atoms with van der Waals surface area (Å²) in [7, 11) is 0. The number of halogens is 1. The van der Waals surface area contributed by atoms with Crippen molar-refractivity contribution in [2.75, 3.05) is 6.61 Å². The Kier molecular flexibility index (Phi) is 4.16. The van der Waals surface area contributed by atoms with Crippen LogP contribution in [0.15, 0.2) is 54.1 Å². The zero-order valence-electron chi connectivity index (χ0n) is 12.2. The minimum atomic E-state index is -0.167. The molecule has 1 atom stereocenters. The Hall–Kier alpha value is -2.26. The second-order valence-electron chi connectivity index (χ2n) is 5.21. The fourth-order valence-electron chi connectivity index (χ4n) is 2.44. The van der Waals surface area contributed by atoms with Crippen LogP contribution < -0.4 is 10.1 Å². The van der Waals surface area contributed by atoms with Crippen molar-refractivity contribution in [1.82, 2.24) is 5.32 Å². The zero-order valence-corrected chi connectivity index (χ0v) is 12.9. The van der Waals surface area contributed by atoms with Crippen molar-refractivity contribution >= 4 is 23.6 Å². The van der Waals surface area contributed by atoms with Crippen molar-refractivity contribution in [3.8, 4) is 5.75 Å². The number of ether oxygens (including phenoxy) is 1. The molecule has 112 valence electrons. The minimum absolute atomic E-state index is 0.137. The highest BCUT2D eigenvalue weighted by atomic mass is 35.5. The molecule has 0 fully saturated rings. The van der Waals surface area contributed by atoms with Crippen LogP contribution in [0.25, 0.3) is 6.08 Å². The van der Waals surface area contributed by atoms with Crippen LogP contribution in [0.1, 0.15) is 24.1 Å². The van der Waals surface area contributed by atoms with Gasteiger partial charge in [-0.1, -0.05) is 48.0 Å². The van der Waals surface area contributed by atoms with Gasteiger partial charge in [-0.05, 0) is 30.7 Å². The molecule has 0 saturated carbocycles. The van der Waals surface area contributed by atoms with E-state index in [2.05, 4.69) is 5.32 Å². The maximum absolute atomic E-state index is 12.4. The van der Waals surface area contributed by atoms with E-state index >= 15 is 0 Å². The van der Waals surface area contributed by atoms with E-state index < -0.39 is 0 Å². The SMILES string of the molecule is CC(NC(=O)C1=Cc2ccccc2OC1)c1ccccc1Cl. The predicted octanol–water partition coefficient (Wildman–Crippen LogP) is 3.99. The van der Waals surface area contributed by atoms with Gasteiger partial charge in [-0.25, -0.2) is 0 Å². The van der Waals surface area contributed by atoms with Crippen LogP contribution in [0.2, 0.25) is 5.02 Å². The Balaban J connectivity index is 1.76. The van der Waals surface area contributed by atoms with E-state index in [1.165, 1.54) is 0 Å². The first-order valence-corrected chi connectivity index (χ1v) is 7.50. The van der Waals surface area contributed by atoms with Crippen LogP contribution in [-0.4, -0.2) is 12.5 Å². The highest BCUT2D eigenvalue weighted by molar-refractivity contribution is 6.31. The molecule has 1 amide bonds. The molecule has 1 aliphatic rings. The lowest BCUT2D eigenvalue weighted by Crippen LogP contribution is -2.31. The number of carbonyl (C=O) groups is 1. The molecule has 3 rings (SSSR count). The molecular weight excluding hydrogens is 298 g/mol. The molecule has 0 aromatic heterocycles. The van der Waals surface area contributed by atoms with Crippen molar-refractivity contribution in [3.63, 3.8) is 0 Å². The average molecular weight is 314 g/mol. The minimum Gasteiger partial charge on any atom is -0.488 e. The summed E-state index contributed by atoms with van der Waals surface area (Å²) in [4.78, 5) is 12.4. The van der Waals surface area contributed by atoms with E-state index in [-0.39, 0.29) is 18.6 Å². The first kappa shape index (κ1) is 14.7. The molecule has 0 radical (unpaired) electrons. The maximum atomic E-state index is 12.4. The molecule has 1 aliphatic heterocycles. The number of para-hydroxylation sites is 1. The summed E-state index contributed by atoms with van der Waals surface area (Å²) in [5, 5.41) is 3.61. The molecule has 22 heavy (non-hydrogen) atoms. The Labute approximate surface area is 134 Å². The van der Waals surface area contributed by atoms with Gasteiger partial charge in [0.1, 0.15) is 12.4 Å². The van der Waals surface area contributed by atoms with Gasteiger partial charge < -0.3 is 10.1 Å². The first-order valence-electron chi connectivity index (χ1n) is 7.13. The molecule has 0 spiro atoms. The predicted molar refractivity (Wildman–Crippen MR) is 87.9 cm³/mol. The van der Waals surface area contributed by atoms with E-state index in [0.717, 1.165) is 16.9 Å². The number of amides is 1. The molecule has 0 bridgehead atoms. The smallest absolute Gasteiger partial charge is 0.251 e. The van der Waals surface area contributed by atoms with E-state index in [1.54, 1.807) is 0 Å². The third-order valence-electron chi connectivity index (χ3n) is 3.64. The number of nitrogens with one attached hydrogen (secondary N) is 1. The summed E-state index contributed by atoms with van der Waals surface area (Å²) < 4.78 is 5.61. The van der Waals surface area contributed by atoms with Crippen LogP contribution in [0.3, 0.4) is 0 Å². The summed E-state index contributed by atoms with van der Waals surface area (Å²) in [6.07, 6.45) is 1.87. The number of fused-ring (bicyclic) bond motifs is 1. The number of carbonyl (C=O) groups excluding carboxylic acids is 1. The molecule has 2 aromatic rings. The molecule has 3 nitrogen and oxygen atoms in total. The second-order valence-corrected chi connectivity index (χ2v) is 5.62. The standard InChI is InChI=1S/C18H16ClNO2/c1-12(15-7-3-4-8-16(15)19)20-18(21)14-10-13-6-2-5-9-17(13)22-11-14/h2-10,12H,11H2,1H3,(H,20,21). The van der Waals surface area contributed by atoms with Crippen LogP contribution in [0, 0.1) is 0 Å². The quantitative estimate of drug-likeness (QED) is 0.930. The van der Waals surface area contributed by atoms with Gasteiger partial charge in [-0.3, -0.25) is 4.79 Å². The molecule has 4 heteroatoms. The fourth-order valence-corrected chi connectivity index (χ4v) is 2.74. The average Bonchev–Trinajstić information content (AvgIpc) is 2.54. The number of rotatable bonds is 3. The molecule has 0 saturated heterocycles. The van der Waals surface area contributed by atoms with Gasteiger partial charge in [0.2, 0.25) is 0 Å². The van der Waals surface area contributed by atoms with Crippen LogP contribution in [-0.2, 0) is 4.79 Å². The number of hydrogen-bond acceptors (Lipinski definition) is 2. The van der Waals surface area contributed by atoms with Gasteiger partial charge in [0.15, 0.2) is 0 Å². The van der Waals surface area contributed by atoms with Gasteiger partial charge in [-0.2, -0.15) is 0 Å². The summed E-state index contributed by atoms with van der Waals surface area (Å²) in [6.45, 7) is 2.19. The maximum Gasteiger partial charge on any atom is 0.251 e. The lowest BCUT2D eigenvalue weighted by Gasteiger charge is -2.20. The Morgan fingerprint density at radius 3 is 2.73 bits per heavy atom. The first-order chi connectivity index (χ1) is 10.6. The molecule has 1 heterocycles. The van der Waals surface area contributed by atoms with E-state index in [9.17, 15) is 4.79 Å². The summed E-state index contributed by atoms with van der Waals surface area (Å²) >= 11 is 6.16. The zero-order chi connectivity index (χ0) is 15.5. The summed E-state index contributed by atoms with van der Waals surface area (Å²) in [5.41, 5.74) is 2.43. The molecular formula is C18H16ClNO2. The van der Waals surface area contributed by atoms with Crippen LogP contribution >= 0.6 is 11.6 Å². The highest BCUT2D eigenvalue weighted by Crippen LogP contribution is 2.27. The fraction of sp³-hybridized carbons (Fsp3) is 0.167. The Morgan fingerprint density at radius 2 is 1.91 bits per heavy atom. The van der Waals surface area contributed by atoms with Gasteiger partial charge in [0, 0.05) is 10.6 Å². The third kappa shape index (κ3) is 3.00. The van der Waals surface area contributed by atoms with E-state index in [1.807, 2.05) is 61.5 Å². The second kappa shape index (κ2) is 6.24. The lowest BCUT2D eigenvalue weighted by atomic mass is 10.1. The topological polar surface area (TPSA) is 38.3 Å². The highest BCUT2D eigenvalue weighted by Gasteiger charge is 2.19. The largest absolute Gasteiger partial charge is 0.488 e. The van der Waals surface area contributed by atoms with Crippen molar-refractivity contribution < 1.29 is 9.53 Å². The summed E-state index contributed by atoms with van der Waals surface area (Å²) in [6, 6.07) is 15.0. The van der Waals surface area contributed by atoms with Gasteiger partial charge in [0.25, 0.3) is 5.91 Å². The van der Waals surface area contributed by atoms with Gasteiger partial charge in [-0.15, -0.1) is 0 Å². The van der Waals surface area contributed by atoms with Crippen molar-refractivity contribution in [2.24, 2.45) is 0 Å². The summed E-state index contributed by atoms with van der Waals surface area (Å²) in [5.74, 6) is 0.667. The van der Waals surface area contributed by atoms with Crippen molar-refractivity contribution in [3.05, 3.63) is 70.3 Å². The van der Waals surface area contributed by atoms with Gasteiger partial charge >= 0.3 is 0 Å². The van der Waals surface area contributed by atoms with Crippen LogP contribution in [0.5, 0.6) is 5.75 Å². The molecule has 1 unspecified atom stereocenters. The van der Waals surface area contributed by atoms with Crippen LogP contribution in [0.4, 0.5) is 0 Å². The van der Waals surface area contributed by atoms with Crippen molar-refractivity contribution in [1.29, 1.82) is 0 Å². The Bertz CT molecular complexity index is 739.